The molecular weight excluding hydrogens is 348 g/mol. The highest BCUT2D eigenvalue weighted by atomic mass is 32.1. The van der Waals surface area contributed by atoms with Crippen LogP contribution in [0, 0.1) is 18.8 Å². The number of rotatable bonds is 5. The number of benzene rings is 1. The van der Waals surface area contributed by atoms with E-state index in [2.05, 4.69) is 29.4 Å². The first kappa shape index (κ1) is 18.6. The monoisotopic (exact) mass is 372 g/mol. The number of carbonyl (C=O) groups is 2. The van der Waals surface area contributed by atoms with Crippen molar-refractivity contribution in [1.29, 1.82) is 0 Å². The SMILES string of the molecule is CCc1ccc(-c2nc(NC(=O)C3CCCCC3C(=O)O)sc2C)cc1. The molecule has 1 saturated carbocycles. The largest absolute Gasteiger partial charge is 0.481 e. The molecule has 5 nitrogen and oxygen atoms in total. The molecule has 1 amide bonds. The van der Waals surface area contributed by atoms with Gasteiger partial charge in [0.15, 0.2) is 5.13 Å². The van der Waals surface area contributed by atoms with E-state index in [0.29, 0.717) is 18.0 Å². The van der Waals surface area contributed by atoms with E-state index in [1.165, 1.54) is 16.9 Å². The summed E-state index contributed by atoms with van der Waals surface area (Å²) in [6.07, 6.45) is 3.95. The van der Waals surface area contributed by atoms with Gasteiger partial charge in [0, 0.05) is 10.4 Å². The molecule has 0 bridgehead atoms. The molecule has 0 radical (unpaired) electrons. The first-order valence-electron chi connectivity index (χ1n) is 9.10. The fraction of sp³-hybridized carbons (Fsp3) is 0.450. The molecule has 0 aliphatic heterocycles. The number of hydrogen-bond donors (Lipinski definition) is 2. The number of hydrogen-bond acceptors (Lipinski definition) is 4. The number of carbonyl (C=O) groups excluding carboxylic acids is 1. The van der Waals surface area contributed by atoms with Crippen molar-refractivity contribution in [3.63, 3.8) is 0 Å². The van der Waals surface area contributed by atoms with Gasteiger partial charge >= 0.3 is 5.97 Å². The van der Waals surface area contributed by atoms with Crippen LogP contribution in [0.2, 0.25) is 0 Å². The molecule has 1 heterocycles. The van der Waals surface area contributed by atoms with Gasteiger partial charge in [-0.25, -0.2) is 4.98 Å². The predicted molar refractivity (Wildman–Crippen MR) is 103 cm³/mol. The molecule has 1 aliphatic carbocycles. The zero-order chi connectivity index (χ0) is 18.7. The molecule has 0 spiro atoms. The Morgan fingerprint density at radius 3 is 2.46 bits per heavy atom. The first-order chi connectivity index (χ1) is 12.5. The van der Waals surface area contributed by atoms with Crippen molar-refractivity contribution in [2.24, 2.45) is 11.8 Å². The third-order valence-electron chi connectivity index (χ3n) is 5.08. The fourth-order valence-corrected chi connectivity index (χ4v) is 4.39. The lowest BCUT2D eigenvalue weighted by atomic mass is 9.79. The Morgan fingerprint density at radius 2 is 1.85 bits per heavy atom. The zero-order valence-corrected chi connectivity index (χ0v) is 15.9. The van der Waals surface area contributed by atoms with Crippen LogP contribution in [0.4, 0.5) is 5.13 Å². The Balaban J connectivity index is 1.76. The summed E-state index contributed by atoms with van der Waals surface area (Å²) < 4.78 is 0. The number of carboxylic acids is 1. The number of aliphatic carboxylic acids is 1. The topological polar surface area (TPSA) is 79.3 Å². The first-order valence-corrected chi connectivity index (χ1v) is 9.91. The molecule has 3 rings (SSSR count). The molecule has 1 aliphatic rings. The predicted octanol–water partition coefficient (Wildman–Crippen LogP) is 4.51. The number of aryl methyl sites for hydroxylation is 2. The Kier molecular flexibility index (Phi) is 5.71. The minimum absolute atomic E-state index is 0.223. The summed E-state index contributed by atoms with van der Waals surface area (Å²) in [5, 5.41) is 12.8. The van der Waals surface area contributed by atoms with Gasteiger partial charge in [0.2, 0.25) is 5.91 Å². The minimum atomic E-state index is -0.878. The van der Waals surface area contributed by atoms with Crippen molar-refractivity contribution in [3.8, 4) is 11.3 Å². The molecule has 1 fully saturated rings. The summed E-state index contributed by atoms with van der Waals surface area (Å²) >= 11 is 1.43. The van der Waals surface area contributed by atoms with E-state index in [9.17, 15) is 14.7 Å². The van der Waals surface area contributed by atoms with Gasteiger partial charge in [0.05, 0.1) is 17.5 Å². The second-order valence-electron chi connectivity index (χ2n) is 6.80. The number of carboxylic acid groups (broad SMARTS) is 1. The number of amides is 1. The smallest absolute Gasteiger partial charge is 0.307 e. The van der Waals surface area contributed by atoms with Gasteiger partial charge in [-0.05, 0) is 31.7 Å². The summed E-state index contributed by atoms with van der Waals surface area (Å²) in [6, 6.07) is 8.28. The third kappa shape index (κ3) is 3.96. The lowest BCUT2D eigenvalue weighted by Crippen LogP contribution is -2.36. The van der Waals surface area contributed by atoms with Crippen LogP contribution in [-0.4, -0.2) is 22.0 Å². The van der Waals surface area contributed by atoms with E-state index in [4.69, 9.17) is 0 Å². The van der Waals surface area contributed by atoms with Crippen LogP contribution >= 0.6 is 11.3 Å². The highest BCUT2D eigenvalue weighted by Gasteiger charge is 2.36. The Bertz CT molecular complexity index is 798. The van der Waals surface area contributed by atoms with E-state index in [-0.39, 0.29) is 5.91 Å². The summed E-state index contributed by atoms with van der Waals surface area (Å²) in [5.41, 5.74) is 3.16. The molecular formula is C20H24N2O3S. The zero-order valence-electron chi connectivity index (χ0n) is 15.1. The molecule has 2 N–H and O–H groups in total. The van der Waals surface area contributed by atoms with Crippen molar-refractivity contribution in [2.45, 2.75) is 46.0 Å². The van der Waals surface area contributed by atoms with Crippen molar-refractivity contribution in [3.05, 3.63) is 34.7 Å². The molecule has 138 valence electrons. The van der Waals surface area contributed by atoms with Gasteiger partial charge in [-0.1, -0.05) is 44.0 Å². The average molecular weight is 372 g/mol. The van der Waals surface area contributed by atoms with Crippen molar-refractivity contribution in [2.75, 3.05) is 5.32 Å². The molecule has 26 heavy (non-hydrogen) atoms. The molecule has 0 saturated heterocycles. The van der Waals surface area contributed by atoms with Gasteiger partial charge in [-0.15, -0.1) is 11.3 Å². The highest BCUT2D eigenvalue weighted by Crippen LogP contribution is 2.34. The maximum absolute atomic E-state index is 12.6. The summed E-state index contributed by atoms with van der Waals surface area (Å²) in [5.74, 6) is -2.17. The van der Waals surface area contributed by atoms with Crippen LogP contribution in [0.15, 0.2) is 24.3 Å². The van der Waals surface area contributed by atoms with Crippen LogP contribution in [0.3, 0.4) is 0 Å². The second kappa shape index (κ2) is 7.99. The van der Waals surface area contributed by atoms with Crippen LogP contribution in [0.5, 0.6) is 0 Å². The minimum Gasteiger partial charge on any atom is -0.481 e. The lowest BCUT2D eigenvalue weighted by Gasteiger charge is -2.26. The van der Waals surface area contributed by atoms with Gasteiger partial charge in [-0.2, -0.15) is 0 Å². The summed E-state index contributed by atoms with van der Waals surface area (Å²) in [4.78, 5) is 29.6. The van der Waals surface area contributed by atoms with Crippen molar-refractivity contribution < 1.29 is 14.7 Å². The fourth-order valence-electron chi connectivity index (χ4n) is 3.55. The molecule has 1 aromatic carbocycles. The Hall–Kier alpha value is -2.21. The van der Waals surface area contributed by atoms with Gasteiger partial charge < -0.3 is 10.4 Å². The van der Waals surface area contributed by atoms with Crippen LogP contribution < -0.4 is 5.32 Å². The van der Waals surface area contributed by atoms with Crippen LogP contribution in [0.1, 0.15) is 43.0 Å². The number of aromatic nitrogens is 1. The van der Waals surface area contributed by atoms with Gasteiger partial charge in [0.25, 0.3) is 0 Å². The quantitative estimate of drug-likeness (QED) is 0.809. The van der Waals surface area contributed by atoms with E-state index in [1.54, 1.807) is 0 Å². The van der Waals surface area contributed by atoms with Crippen LogP contribution in [0.25, 0.3) is 11.3 Å². The Morgan fingerprint density at radius 1 is 1.19 bits per heavy atom. The maximum atomic E-state index is 12.6. The number of thiazole rings is 1. The van der Waals surface area contributed by atoms with Crippen LogP contribution in [-0.2, 0) is 16.0 Å². The molecule has 6 heteroatoms. The van der Waals surface area contributed by atoms with Crippen molar-refractivity contribution >= 4 is 28.3 Å². The maximum Gasteiger partial charge on any atom is 0.307 e. The van der Waals surface area contributed by atoms with E-state index in [1.807, 2.05) is 19.1 Å². The van der Waals surface area contributed by atoms with Gasteiger partial charge in [-0.3, -0.25) is 9.59 Å². The molecule has 2 atom stereocenters. The lowest BCUT2D eigenvalue weighted by molar-refractivity contribution is -0.147. The molecule has 2 aromatic rings. The normalized spacial score (nSPS) is 19.9. The van der Waals surface area contributed by atoms with E-state index in [0.717, 1.165) is 35.4 Å². The van der Waals surface area contributed by atoms with Gasteiger partial charge in [0.1, 0.15) is 0 Å². The summed E-state index contributed by atoms with van der Waals surface area (Å²) in [7, 11) is 0. The Labute approximate surface area is 157 Å². The number of anilines is 1. The standard InChI is InChI=1S/C20H24N2O3S/c1-3-13-8-10-14(11-9-13)17-12(2)26-20(21-17)22-18(23)15-6-4-5-7-16(15)19(24)25/h8-11,15-16H,3-7H2,1-2H3,(H,24,25)(H,21,22,23). The summed E-state index contributed by atoms with van der Waals surface area (Å²) in [6.45, 7) is 4.10. The highest BCUT2D eigenvalue weighted by molar-refractivity contribution is 7.16. The second-order valence-corrected chi connectivity index (χ2v) is 8.00. The third-order valence-corrected chi connectivity index (χ3v) is 5.97. The number of nitrogens with zero attached hydrogens (tertiary/aromatic N) is 1. The van der Waals surface area contributed by atoms with E-state index >= 15 is 0 Å². The molecule has 2 unspecified atom stereocenters. The average Bonchev–Trinajstić information content (AvgIpc) is 3.01. The van der Waals surface area contributed by atoms with E-state index < -0.39 is 17.8 Å². The van der Waals surface area contributed by atoms with Crippen molar-refractivity contribution in [1.82, 2.24) is 4.98 Å². The number of nitrogens with one attached hydrogen (secondary N) is 1. The molecule has 1 aromatic heterocycles.